The molecule has 0 radical (unpaired) electrons. The highest BCUT2D eigenvalue weighted by Gasteiger charge is 2.38. The first-order valence-corrected chi connectivity index (χ1v) is 6.48. The molecule has 1 aromatic carbocycles. The number of rotatable bonds is 0. The Morgan fingerprint density at radius 2 is 2.00 bits per heavy atom. The molecule has 80 valence electrons. The highest BCUT2D eigenvalue weighted by molar-refractivity contribution is 9.10. The van der Waals surface area contributed by atoms with Gasteiger partial charge in [0.2, 0.25) is 0 Å². The van der Waals surface area contributed by atoms with Gasteiger partial charge >= 0.3 is 0 Å². The zero-order valence-electron chi connectivity index (χ0n) is 8.76. The molecule has 1 aliphatic heterocycles. The summed E-state index contributed by atoms with van der Waals surface area (Å²) in [6.45, 7) is 0.932. The first-order valence-electron chi connectivity index (χ1n) is 5.69. The van der Waals surface area contributed by atoms with Crippen molar-refractivity contribution in [2.75, 3.05) is 6.61 Å². The maximum Gasteiger partial charge on any atom is 0.122 e. The Bertz CT molecular complexity index is 380. The summed E-state index contributed by atoms with van der Waals surface area (Å²) in [5, 5.41) is 0. The normalized spacial score (nSPS) is 22.5. The van der Waals surface area contributed by atoms with Crippen LogP contribution in [0, 0.1) is 5.41 Å². The van der Waals surface area contributed by atoms with E-state index in [0.29, 0.717) is 5.41 Å². The second-order valence-electron chi connectivity index (χ2n) is 4.92. The van der Waals surface area contributed by atoms with Crippen molar-refractivity contribution in [3.05, 3.63) is 28.2 Å². The van der Waals surface area contributed by atoms with Crippen LogP contribution in [0.25, 0.3) is 0 Å². The standard InChI is InChI=1S/C13H15BrO/c14-11-3-4-12-10(7-11)8-13(9-15-12)5-1-2-6-13/h3-4,7H,1-2,5-6,8-9H2. The largest absolute Gasteiger partial charge is 0.493 e. The van der Waals surface area contributed by atoms with Crippen LogP contribution in [0.2, 0.25) is 0 Å². The van der Waals surface area contributed by atoms with E-state index in [1.165, 1.54) is 42.1 Å². The molecule has 1 fully saturated rings. The maximum atomic E-state index is 5.90. The van der Waals surface area contributed by atoms with Crippen molar-refractivity contribution in [2.24, 2.45) is 5.41 Å². The van der Waals surface area contributed by atoms with Gasteiger partial charge in [-0.3, -0.25) is 0 Å². The molecule has 3 rings (SSSR count). The smallest absolute Gasteiger partial charge is 0.122 e. The van der Waals surface area contributed by atoms with E-state index in [1.807, 2.05) is 0 Å². The highest BCUT2D eigenvalue weighted by atomic mass is 79.9. The van der Waals surface area contributed by atoms with Crippen molar-refractivity contribution in [3.8, 4) is 5.75 Å². The number of fused-ring (bicyclic) bond motifs is 1. The van der Waals surface area contributed by atoms with Gasteiger partial charge < -0.3 is 4.74 Å². The molecule has 1 aromatic rings. The molecule has 0 saturated heterocycles. The fourth-order valence-corrected chi connectivity index (χ4v) is 3.37. The number of hydrogen-bond donors (Lipinski definition) is 0. The van der Waals surface area contributed by atoms with Crippen molar-refractivity contribution in [1.29, 1.82) is 0 Å². The summed E-state index contributed by atoms with van der Waals surface area (Å²) in [4.78, 5) is 0. The molecule has 0 N–H and O–H groups in total. The minimum atomic E-state index is 0.466. The van der Waals surface area contributed by atoms with E-state index in [-0.39, 0.29) is 0 Å². The summed E-state index contributed by atoms with van der Waals surface area (Å²) < 4.78 is 7.06. The van der Waals surface area contributed by atoms with Gasteiger partial charge in [-0.2, -0.15) is 0 Å². The molecule has 0 atom stereocenters. The van der Waals surface area contributed by atoms with Crippen LogP contribution in [-0.4, -0.2) is 6.61 Å². The second kappa shape index (κ2) is 3.51. The minimum absolute atomic E-state index is 0.466. The van der Waals surface area contributed by atoms with Crippen LogP contribution in [0.3, 0.4) is 0 Å². The van der Waals surface area contributed by atoms with E-state index in [2.05, 4.69) is 34.1 Å². The highest BCUT2D eigenvalue weighted by Crippen LogP contribution is 2.46. The Kier molecular flexibility index (Phi) is 2.27. The van der Waals surface area contributed by atoms with Crippen LogP contribution < -0.4 is 4.74 Å². The molecule has 0 unspecified atom stereocenters. The maximum absolute atomic E-state index is 5.90. The lowest BCUT2D eigenvalue weighted by Crippen LogP contribution is -2.32. The van der Waals surface area contributed by atoms with Gasteiger partial charge in [0, 0.05) is 9.89 Å². The molecule has 0 bridgehead atoms. The first kappa shape index (κ1) is 9.71. The van der Waals surface area contributed by atoms with Crippen molar-refractivity contribution < 1.29 is 4.74 Å². The zero-order chi connectivity index (χ0) is 10.3. The molecular formula is C13H15BrO. The summed E-state index contributed by atoms with van der Waals surface area (Å²) in [7, 11) is 0. The first-order chi connectivity index (χ1) is 7.27. The lowest BCUT2D eigenvalue weighted by atomic mass is 9.79. The summed E-state index contributed by atoms with van der Waals surface area (Å²) in [6, 6.07) is 6.36. The van der Waals surface area contributed by atoms with Crippen LogP contribution in [0.5, 0.6) is 5.75 Å². The monoisotopic (exact) mass is 266 g/mol. The predicted molar refractivity (Wildman–Crippen MR) is 64.2 cm³/mol. The van der Waals surface area contributed by atoms with E-state index in [4.69, 9.17) is 4.74 Å². The molecule has 1 saturated carbocycles. The molecule has 2 aliphatic rings. The average Bonchev–Trinajstić information content (AvgIpc) is 2.66. The van der Waals surface area contributed by atoms with E-state index in [9.17, 15) is 0 Å². The van der Waals surface area contributed by atoms with Crippen LogP contribution in [0.1, 0.15) is 31.2 Å². The third kappa shape index (κ3) is 1.69. The van der Waals surface area contributed by atoms with Gasteiger partial charge in [-0.25, -0.2) is 0 Å². The number of ether oxygens (including phenoxy) is 1. The lowest BCUT2D eigenvalue weighted by Gasteiger charge is -2.34. The van der Waals surface area contributed by atoms with Crippen LogP contribution in [0.15, 0.2) is 22.7 Å². The molecule has 1 spiro atoms. The molecule has 0 aromatic heterocycles. The Balaban J connectivity index is 1.94. The molecule has 2 heteroatoms. The molecule has 15 heavy (non-hydrogen) atoms. The van der Waals surface area contributed by atoms with Crippen LogP contribution >= 0.6 is 15.9 Å². The van der Waals surface area contributed by atoms with Gasteiger partial charge in [0.05, 0.1) is 6.61 Å². The third-order valence-corrected chi connectivity index (χ3v) is 4.28. The van der Waals surface area contributed by atoms with Gasteiger partial charge in [0.15, 0.2) is 0 Å². The minimum Gasteiger partial charge on any atom is -0.493 e. The quantitative estimate of drug-likeness (QED) is 0.691. The summed E-state index contributed by atoms with van der Waals surface area (Å²) in [5.74, 6) is 1.09. The Morgan fingerprint density at radius 3 is 2.80 bits per heavy atom. The van der Waals surface area contributed by atoms with Gasteiger partial charge in [-0.1, -0.05) is 28.8 Å². The Hall–Kier alpha value is -0.500. The van der Waals surface area contributed by atoms with Gasteiger partial charge in [-0.05, 0) is 43.0 Å². The Morgan fingerprint density at radius 1 is 1.20 bits per heavy atom. The van der Waals surface area contributed by atoms with Gasteiger partial charge in [-0.15, -0.1) is 0 Å². The number of benzene rings is 1. The van der Waals surface area contributed by atoms with Crippen LogP contribution in [-0.2, 0) is 6.42 Å². The zero-order valence-corrected chi connectivity index (χ0v) is 10.3. The van der Waals surface area contributed by atoms with Crippen molar-refractivity contribution in [1.82, 2.24) is 0 Å². The predicted octanol–water partition coefficient (Wildman–Crippen LogP) is 3.94. The van der Waals surface area contributed by atoms with E-state index >= 15 is 0 Å². The SMILES string of the molecule is Brc1ccc2c(c1)CC1(CCCC1)CO2. The molecule has 1 nitrogen and oxygen atoms in total. The Labute approximate surface area is 99.0 Å². The van der Waals surface area contributed by atoms with E-state index in [0.717, 1.165) is 12.4 Å². The molecule has 0 amide bonds. The topological polar surface area (TPSA) is 9.23 Å². The summed E-state index contributed by atoms with van der Waals surface area (Å²) in [6.07, 6.45) is 6.67. The molecular weight excluding hydrogens is 252 g/mol. The average molecular weight is 267 g/mol. The number of halogens is 1. The summed E-state index contributed by atoms with van der Waals surface area (Å²) >= 11 is 3.53. The van der Waals surface area contributed by atoms with Crippen LogP contribution in [0.4, 0.5) is 0 Å². The lowest BCUT2D eigenvalue weighted by molar-refractivity contribution is 0.125. The van der Waals surface area contributed by atoms with E-state index < -0.39 is 0 Å². The number of hydrogen-bond acceptors (Lipinski definition) is 1. The van der Waals surface area contributed by atoms with Gasteiger partial charge in [0.25, 0.3) is 0 Å². The second-order valence-corrected chi connectivity index (χ2v) is 5.84. The van der Waals surface area contributed by atoms with E-state index in [1.54, 1.807) is 0 Å². The van der Waals surface area contributed by atoms with Crippen molar-refractivity contribution in [2.45, 2.75) is 32.1 Å². The van der Waals surface area contributed by atoms with Crippen molar-refractivity contribution in [3.63, 3.8) is 0 Å². The fourth-order valence-electron chi connectivity index (χ4n) is 2.96. The fraction of sp³-hybridized carbons (Fsp3) is 0.538. The molecule has 1 heterocycles. The summed E-state index contributed by atoms with van der Waals surface area (Å²) in [5.41, 5.74) is 1.85. The van der Waals surface area contributed by atoms with Gasteiger partial charge in [0.1, 0.15) is 5.75 Å². The molecule has 1 aliphatic carbocycles. The third-order valence-electron chi connectivity index (χ3n) is 3.79. The van der Waals surface area contributed by atoms with Crippen molar-refractivity contribution >= 4 is 15.9 Å².